The SMILES string of the molecule is Cc1ccc2c(c1)cc(-c1ccccc1C)n2C(=O)OC(C)(C)C. The van der Waals surface area contributed by atoms with Crippen LogP contribution in [0.2, 0.25) is 0 Å². The fourth-order valence-corrected chi connectivity index (χ4v) is 2.90. The predicted molar refractivity (Wildman–Crippen MR) is 98.5 cm³/mol. The van der Waals surface area contributed by atoms with Gasteiger partial charge in [-0.3, -0.25) is 0 Å². The molecule has 0 aliphatic heterocycles. The summed E-state index contributed by atoms with van der Waals surface area (Å²) in [6.45, 7) is 9.76. The van der Waals surface area contributed by atoms with Gasteiger partial charge >= 0.3 is 6.09 Å². The quantitative estimate of drug-likeness (QED) is 0.575. The molecule has 24 heavy (non-hydrogen) atoms. The van der Waals surface area contributed by atoms with Crippen LogP contribution < -0.4 is 0 Å². The van der Waals surface area contributed by atoms with Crippen LogP contribution in [0.4, 0.5) is 4.79 Å². The third-order valence-electron chi connectivity index (χ3n) is 3.95. The van der Waals surface area contributed by atoms with Crippen molar-refractivity contribution < 1.29 is 9.53 Å². The molecule has 0 aliphatic rings. The number of carbonyl (C=O) groups excluding carboxylic acids is 1. The van der Waals surface area contributed by atoms with E-state index in [1.54, 1.807) is 4.57 Å². The lowest BCUT2D eigenvalue weighted by Gasteiger charge is -2.21. The smallest absolute Gasteiger partial charge is 0.419 e. The molecule has 0 saturated carbocycles. The van der Waals surface area contributed by atoms with E-state index in [4.69, 9.17) is 4.74 Å². The highest BCUT2D eigenvalue weighted by Gasteiger charge is 2.23. The van der Waals surface area contributed by atoms with Crippen LogP contribution in [0.15, 0.2) is 48.5 Å². The van der Waals surface area contributed by atoms with E-state index in [0.717, 1.165) is 27.7 Å². The van der Waals surface area contributed by atoms with E-state index in [1.807, 2.05) is 51.1 Å². The lowest BCUT2D eigenvalue weighted by atomic mass is 10.1. The van der Waals surface area contributed by atoms with E-state index in [0.29, 0.717) is 0 Å². The largest absolute Gasteiger partial charge is 0.443 e. The first-order valence-electron chi connectivity index (χ1n) is 8.18. The molecule has 3 heteroatoms. The molecule has 0 bridgehead atoms. The van der Waals surface area contributed by atoms with Crippen LogP contribution in [0.3, 0.4) is 0 Å². The van der Waals surface area contributed by atoms with Crippen LogP contribution in [-0.4, -0.2) is 16.3 Å². The van der Waals surface area contributed by atoms with Gasteiger partial charge in [0, 0.05) is 10.9 Å². The van der Waals surface area contributed by atoms with Gasteiger partial charge in [-0.15, -0.1) is 0 Å². The maximum atomic E-state index is 12.9. The Morgan fingerprint density at radius 2 is 1.71 bits per heavy atom. The number of fused-ring (bicyclic) bond motifs is 1. The summed E-state index contributed by atoms with van der Waals surface area (Å²) in [6.07, 6.45) is -0.348. The van der Waals surface area contributed by atoms with Gasteiger partial charge in [0.15, 0.2) is 0 Å². The summed E-state index contributed by atoms with van der Waals surface area (Å²) in [4.78, 5) is 12.9. The molecule has 0 saturated heterocycles. The standard InChI is InChI=1S/C21H23NO2/c1-14-10-11-18-16(12-14)13-19(17-9-7-6-8-15(17)2)22(18)20(23)24-21(3,4)5/h6-13H,1-5H3. The minimum atomic E-state index is -0.540. The first-order chi connectivity index (χ1) is 11.3. The van der Waals surface area contributed by atoms with Crippen molar-refractivity contribution in [1.29, 1.82) is 0 Å². The van der Waals surface area contributed by atoms with E-state index in [-0.39, 0.29) is 6.09 Å². The Morgan fingerprint density at radius 1 is 1.00 bits per heavy atom. The zero-order valence-corrected chi connectivity index (χ0v) is 14.9. The number of benzene rings is 2. The normalized spacial score (nSPS) is 11.7. The molecule has 0 N–H and O–H groups in total. The number of nitrogens with zero attached hydrogens (tertiary/aromatic N) is 1. The van der Waals surface area contributed by atoms with Crippen molar-refractivity contribution in [3.05, 3.63) is 59.7 Å². The van der Waals surface area contributed by atoms with Crippen molar-refractivity contribution >= 4 is 17.0 Å². The molecular weight excluding hydrogens is 298 g/mol. The highest BCUT2D eigenvalue weighted by atomic mass is 16.6. The second kappa shape index (κ2) is 5.82. The summed E-state index contributed by atoms with van der Waals surface area (Å²) >= 11 is 0. The molecule has 2 aromatic carbocycles. The van der Waals surface area contributed by atoms with Gasteiger partial charge in [-0.2, -0.15) is 0 Å². The molecule has 0 aliphatic carbocycles. The van der Waals surface area contributed by atoms with Crippen LogP contribution in [-0.2, 0) is 4.74 Å². The molecule has 0 unspecified atom stereocenters. The molecule has 0 fully saturated rings. The minimum Gasteiger partial charge on any atom is -0.443 e. The molecule has 0 atom stereocenters. The third kappa shape index (κ3) is 3.07. The molecule has 3 nitrogen and oxygen atoms in total. The number of rotatable bonds is 1. The Labute approximate surface area is 142 Å². The van der Waals surface area contributed by atoms with Crippen molar-refractivity contribution in [2.24, 2.45) is 0 Å². The average molecular weight is 321 g/mol. The second-order valence-corrected chi connectivity index (χ2v) is 7.22. The molecule has 0 amide bonds. The lowest BCUT2D eigenvalue weighted by Crippen LogP contribution is -2.27. The van der Waals surface area contributed by atoms with E-state index in [9.17, 15) is 4.79 Å². The molecule has 0 spiro atoms. The Balaban J connectivity index is 2.26. The summed E-state index contributed by atoms with van der Waals surface area (Å²) in [5.41, 5.74) is 4.52. The fraction of sp³-hybridized carbons (Fsp3) is 0.286. The number of ether oxygens (including phenoxy) is 1. The van der Waals surface area contributed by atoms with Crippen molar-refractivity contribution in [3.63, 3.8) is 0 Å². The Kier molecular flexibility index (Phi) is 3.96. The highest BCUT2D eigenvalue weighted by Crippen LogP contribution is 2.31. The van der Waals surface area contributed by atoms with E-state index >= 15 is 0 Å². The third-order valence-corrected chi connectivity index (χ3v) is 3.95. The van der Waals surface area contributed by atoms with Crippen LogP contribution in [0.25, 0.3) is 22.2 Å². The maximum Gasteiger partial charge on any atom is 0.419 e. The van der Waals surface area contributed by atoms with Crippen molar-refractivity contribution in [2.75, 3.05) is 0 Å². The zero-order valence-electron chi connectivity index (χ0n) is 14.9. The molecule has 124 valence electrons. The summed E-state index contributed by atoms with van der Waals surface area (Å²) in [5.74, 6) is 0. The lowest BCUT2D eigenvalue weighted by molar-refractivity contribution is 0.0547. The summed E-state index contributed by atoms with van der Waals surface area (Å²) in [5, 5.41) is 1.04. The van der Waals surface area contributed by atoms with Gasteiger partial charge < -0.3 is 4.74 Å². The van der Waals surface area contributed by atoms with E-state index in [1.165, 1.54) is 5.56 Å². The Hall–Kier alpha value is -2.55. The second-order valence-electron chi connectivity index (χ2n) is 7.22. The number of carbonyl (C=O) groups is 1. The van der Waals surface area contributed by atoms with Crippen LogP contribution in [0, 0.1) is 13.8 Å². The number of aromatic nitrogens is 1. The topological polar surface area (TPSA) is 31.2 Å². The van der Waals surface area contributed by atoms with Crippen molar-refractivity contribution in [1.82, 2.24) is 4.57 Å². The highest BCUT2D eigenvalue weighted by molar-refractivity contribution is 5.96. The predicted octanol–water partition coefficient (Wildman–Crippen LogP) is 5.71. The molecule has 0 radical (unpaired) electrons. The van der Waals surface area contributed by atoms with Crippen LogP contribution >= 0.6 is 0 Å². The Morgan fingerprint density at radius 3 is 2.38 bits per heavy atom. The molecule has 3 rings (SSSR count). The van der Waals surface area contributed by atoms with Gasteiger partial charge in [0.2, 0.25) is 0 Å². The molecule has 1 aromatic heterocycles. The number of hydrogen-bond acceptors (Lipinski definition) is 2. The molecule has 1 heterocycles. The monoisotopic (exact) mass is 321 g/mol. The zero-order chi connectivity index (χ0) is 17.5. The van der Waals surface area contributed by atoms with Crippen molar-refractivity contribution in [3.8, 4) is 11.3 Å². The van der Waals surface area contributed by atoms with E-state index < -0.39 is 5.60 Å². The van der Waals surface area contributed by atoms with Gasteiger partial charge in [-0.05, 0) is 58.4 Å². The number of hydrogen-bond donors (Lipinski definition) is 0. The minimum absolute atomic E-state index is 0.348. The molecular formula is C21H23NO2. The maximum absolute atomic E-state index is 12.9. The first kappa shape index (κ1) is 16.3. The number of aryl methyl sites for hydroxylation is 2. The summed E-state index contributed by atoms with van der Waals surface area (Å²) < 4.78 is 7.33. The van der Waals surface area contributed by atoms with Gasteiger partial charge in [0.05, 0.1) is 11.2 Å². The van der Waals surface area contributed by atoms with E-state index in [2.05, 4.69) is 32.0 Å². The average Bonchev–Trinajstić information content (AvgIpc) is 2.84. The van der Waals surface area contributed by atoms with Gasteiger partial charge in [0.1, 0.15) is 5.60 Å². The van der Waals surface area contributed by atoms with Crippen LogP contribution in [0.5, 0.6) is 0 Å². The fourth-order valence-electron chi connectivity index (χ4n) is 2.90. The summed E-state index contributed by atoms with van der Waals surface area (Å²) in [6, 6.07) is 16.2. The van der Waals surface area contributed by atoms with Gasteiger partial charge in [-0.1, -0.05) is 35.9 Å². The Bertz CT molecular complexity index is 913. The van der Waals surface area contributed by atoms with Gasteiger partial charge in [-0.25, -0.2) is 9.36 Å². The van der Waals surface area contributed by atoms with Gasteiger partial charge in [0.25, 0.3) is 0 Å². The van der Waals surface area contributed by atoms with Crippen LogP contribution in [0.1, 0.15) is 31.9 Å². The molecule has 3 aromatic rings. The first-order valence-corrected chi connectivity index (χ1v) is 8.18. The summed E-state index contributed by atoms with van der Waals surface area (Å²) in [7, 11) is 0. The van der Waals surface area contributed by atoms with Crippen molar-refractivity contribution in [2.45, 2.75) is 40.2 Å².